The van der Waals surface area contributed by atoms with Crippen LogP contribution in [-0.4, -0.2) is 31.5 Å². The van der Waals surface area contributed by atoms with E-state index in [-0.39, 0.29) is 11.6 Å². The van der Waals surface area contributed by atoms with Gasteiger partial charge in [-0.1, -0.05) is 16.0 Å². The summed E-state index contributed by atoms with van der Waals surface area (Å²) in [6, 6.07) is 4.58. The van der Waals surface area contributed by atoms with Crippen molar-refractivity contribution in [3.63, 3.8) is 0 Å². The van der Waals surface area contributed by atoms with Crippen LogP contribution in [0, 0.1) is 10.1 Å². The van der Waals surface area contributed by atoms with E-state index in [0.29, 0.717) is 10.0 Å². The lowest BCUT2D eigenvalue weighted by Crippen LogP contribution is -2.00. The number of benzene rings is 1. The van der Waals surface area contributed by atoms with Crippen LogP contribution in [0.4, 0.5) is 11.6 Å². The van der Waals surface area contributed by atoms with Gasteiger partial charge in [-0.2, -0.15) is 5.10 Å². The molecule has 9 nitrogen and oxygen atoms in total. The molecule has 0 amide bonds. The van der Waals surface area contributed by atoms with Gasteiger partial charge in [0.1, 0.15) is 0 Å². The van der Waals surface area contributed by atoms with Crippen molar-refractivity contribution < 1.29 is 4.92 Å². The summed E-state index contributed by atoms with van der Waals surface area (Å²) < 4.78 is 0.395. The van der Waals surface area contributed by atoms with Gasteiger partial charge in [0.15, 0.2) is 0 Å². The first-order chi connectivity index (χ1) is 8.58. The van der Waals surface area contributed by atoms with Crippen molar-refractivity contribution in [3.8, 4) is 0 Å². The van der Waals surface area contributed by atoms with E-state index in [2.05, 4.69) is 36.6 Å². The first kappa shape index (κ1) is 12.1. The van der Waals surface area contributed by atoms with Crippen LogP contribution in [0.1, 0.15) is 5.56 Å². The number of hydrogen-bond acceptors (Lipinski definition) is 7. The molecule has 0 radical (unpaired) electrons. The average Bonchev–Trinajstić information content (AvgIpc) is 2.73. The maximum Gasteiger partial charge on any atom is 0.284 e. The number of halogens is 1. The highest BCUT2D eigenvalue weighted by atomic mass is 79.9. The molecular formula is C8H6BrN7O2. The molecular weight excluding hydrogens is 306 g/mol. The Hall–Kier alpha value is -2.36. The Morgan fingerprint density at radius 1 is 1.56 bits per heavy atom. The molecule has 0 aliphatic heterocycles. The van der Waals surface area contributed by atoms with E-state index in [1.165, 1.54) is 12.3 Å². The van der Waals surface area contributed by atoms with E-state index in [9.17, 15) is 10.1 Å². The number of tetrazole rings is 1. The lowest BCUT2D eigenvalue weighted by molar-refractivity contribution is -0.385. The summed E-state index contributed by atoms with van der Waals surface area (Å²) in [6.07, 6.45) is 1.37. The maximum atomic E-state index is 10.7. The summed E-state index contributed by atoms with van der Waals surface area (Å²) in [5, 5.41) is 24.8. The van der Waals surface area contributed by atoms with Crippen LogP contribution in [0.5, 0.6) is 0 Å². The van der Waals surface area contributed by atoms with Gasteiger partial charge >= 0.3 is 0 Å². The minimum atomic E-state index is -0.493. The zero-order valence-corrected chi connectivity index (χ0v) is 10.4. The third-order valence-corrected chi connectivity index (χ3v) is 2.63. The van der Waals surface area contributed by atoms with Gasteiger partial charge in [-0.3, -0.25) is 10.1 Å². The maximum absolute atomic E-state index is 10.7. The second kappa shape index (κ2) is 4.87. The Labute approximate surface area is 109 Å². The number of aromatic nitrogens is 4. The minimum absolute atomic E-state index is 0.0258. The van der Waals surface area contributed by atoms with Crippen molar-refractivity contribution >= 4 is 33.8 Å². The fourth-order valence-electron chi connectivity index (χ4n) is 1.14. The van der Waals surface area contributed by atoms with Gasteiger partial charge in [0.05, 0.1) is 15.6 Å². The van der Waals surface area contributed by atoms with Crippen LogP contribution in [0.2, 0.25) is 0 Å². The highest BCUT2D eigenvalue weighted by Gasteiger charge is 2.11. The van der Waals surface area contributed by atoms with E-state index < -0.39 is 4.92 Å². The van der Waals surface area contributed by atoms with Gasteiger partial charge in [0.25, 0.3) is 11.6 Å². The highest BCUT2D eigenvalue weighted by molar-refractivity contribution is 9.10. The van der Waals surface area contributed by atoms with Gasteiger partial charge in [-0.05, 0) is 32.4 Å². The number of nitro benzene ring substituents is 1. The van der Waals surface area contributed by atoms with Crippen LogP contribution in [-0.2, 0) is 0 Å². The molecule has 1 heterocycles. The van der Waals surface area contributed by atoms with E-state index in [0.717, 1.165) is 4.79 Å². The molecule has 18 heavy (non-hydrogen) atoms. The Balaban J connectivity index is 2.30. The fourth-order valence-corrected chi connectivity index (χ4v) is 1.53. The molecule has 0 spiro atoms. The van der Waals surface area contributed by atoms with E-state index >= 15 is 0 Å². The van der Waals surface area contributed by atoms with Crippen LogP contribution < -0.4 is 5.73 Å². The number of nitrogen functional groups attached to an aromatic ring is 1. The fraction of sp³-hybridized carbons (Fsp3) is 0. The normalized spacial score (nSPS) is 10.9. The summed E-state index contributed by atoms with van der Waals surface area (Å²) in [7, 11) is 0. The zero-order valence-electron chi connectivity index (χ0n) is 8.76. The molecule has 0 fully saturated rings. The number of hydrogen-bond donors (Lipinski definition) is 1. The number of rotatable bonds is 3. The molecule has 0 aliphatic rings. The second-order valence-electron chi connectivity index (χ2n) is 3.14. The molecule has 1 aromatic carbocycles. The molecule has 0 saturated heterocycles. The van der Waals surface area contributed by atoms with Gasteiger partial charge in [0.2, 0.25) is 0 Å². The topological polar surface area (TPSA) is 125 Å². The summed E-state index contributed by atoms with van der Waals surface area (Å²) in [5.74, 6) is 0.0258. The van der Waals surface area contributed by atoms with Crippen molar-refractivity contribution in [2.24, 2.45) is 5.10 Å². The van der Waals surface area contributed by atoms with Gasteiger partial charge in [0, 0.05) is 11.6 Å². The number of anilines is 1. The Kier molecular flexibility index (Phi) is 3.28. The standard InChI is InChI=1S/C8H6BrN7O2/c9-6-2-1-5(3-7(6)16(17)18)4-11-15-8(10)12-13-14-15/h1-4H,(H2,10,12,14)/b11-4-. The molecule has 1 aromatic heterocycles. The Morgan fingerprint density at radius 3 is 2.94 bits per heavy atom. The molecule has 92 valence electrons. The molecule has 0 unspecified atom stereocenters. The van der Waals surface area contributed by atoms with Crippen molar-refractivity contribution in [2.45, 2.75) is 0 Å². The first-order valence-electron chi connectivity index (χ1n) is 4.60. The predicted octanol–water partition coefficient (Wildman–Crippen LogP) is 0.808. The van der Waals surface area contributed by atoms with E-state index in [1.807, 2.05) is 0 Å². The van der Waals surface area contributed by atoms with Crippen molar-refractivity contribution in [1.29, 1.82) is 0 Å². The van der Waals surface area contributed by atoms with Gasteiger partial charge in [-0.25, -0.2) is 0 Å². The zero-order chi connectivity index (χ0) is 13.1. The van der Waals surface area contributed by atoms with E-state index in [1.54, 1.807) is 12.1 Å². The second-order valence-corrected chi connectivity index (χ2v) is 3.99. The van der Waals surface area contributed by atoms with Crippen molar-refractivity contribution in [3.05, 3.63) is 38.3 Å². The van der Waals surface area contributed by atoms with Gasteiger partial charge < -0.3 is 5.73 Å². The summed E-state index contributed by atoms with van der Waals surface area (Å²) in [6.45, 7) is 0. The lowest BCUT2D eigenvalue weighted by Gasteiger charge is -1.97. The lowest BCUT2D eigenvalue weighted by atomic mass is 10.2. The largest absolute Gasteiger partial charge is 0.365 e. The molecule has 0 saturated carbocycles. The van der Waals surface area contributed by atoms with Crippen LogP contribution in [0.3, 0.4) is 0 Å². The summed E-state index contributed by atoms with van der Waals surface area (Å²) in [5.41, 5.74) is 5.88. The van der Waals surface area contributed by atoms with Crippen LogP contribution in [0.25, 0.3) is 0 Å². The smallest absolute Gasteiger partial charge is 0.284 e. The predicted molar refractivity (Wildman–Crippen MR) is 66.0 cm³/mol. The van der Waals surface area contributed by atoms with Crippen molar-refractivity contribution in [2.75, 3.05) is 5.73 Å². The summed E-state index contributed by atoms with van der Waals surface area (Å²) >= 11 is 3.09. The van der Waals surface area contributed by atoms with E-state index in [4.69, 9.17) is 5.73 Å². The molecule has 2 aromatic rings. The molecule has 10 heteroatoms. The Bertz CT molecular complexity index is 624. The average molecular weight is 312 g/mol. The molecule has 0 atom stereocenters. The number of nitro groups is 1. The molecule has 0 aliphatic carbocycles. The quantitative estimate of drug-likeness (QED) is 0.508. The SMILES string of the molecule is Nc1nnnn1/N=C\c1ccc(Br)c([N+](=O)[O-])c1. The third kappa shape index (κ3) is 2.48. The van der Waals surface area contributed by atoms with Crippen LogP contribution >= 0.6 is 15.9 Å². The third-order valence-electron chi connectivity index (χ3n) is 1.96. The minimum Gasteiger partial charge on any atom is -0.365 e. The monoisotopic (exact) mass is 311 g/mol. The first-order valence-corrected chi connectivity index (χ1v) is 5.39. The van der Waals surface area contributed by atoms with Crippen LogP contribution in [0.15, 0.2) is 27.8 Å². The molecule has 0 bridgehead atoms. The molecule has 2 rings (SSSR count). The number of nitrogens with zero attached hydrogens (tertiary/aromatic N) is 6. The highest BCUT2D eigenvalue weighted by Crippen LogP contribution is 2.24. The van der Waals surface area contributed by atoms with Gasteiger partial charge in [-0.15, -0.1) is 0 Å². The number of nitrogens with two attached hydrogens (primary N) is 1. The Morgan fingerprint density at radius 2 is 2.33 bits per heavy atom. The van der Waals surface area contributed by atoms with Crippen molar-refractivity contribution in [1.82, 2.24) is 20.3 Å². The summed E-state index contributed by atoms with van der Waals surface area (Å²) in [4.78, 5) is 11.2. The molecule has 2 N–H and O–H groups in total.